The quantitative estimate of drug-likeness (QED) is 0.922. The Hall–Kier alpha value is -2.30. The molecule has 20 heavy (non-hydrogen) atoms. The van der Waals surface area contributed by atoms with Gasteiger partial charge in [0.1, 0.15) is 0 Å². The van der Waals surface area contributed by atoms with E-state index in [9.17, 15) is 18.0 Å². The van der Waals surface area contributed by atoms with E-state index in [0.717, 1.165) is 6.07 Å². The van der Waals surface area contributed by atoms with Gasteiger partial charge in [0, 0.05) is 0 Å². The van der Waals surface area contributed by atoms with E-state index >= 15 is 0 Å². The maximum atomic E-state index is 13.1. The molecule has 0 saturated carbocycles. The van der Waals surface area contributed by atoms with Gasteiger partial charge in [0.15, 0.2) is 0 Å². The Labute approximate surface area is 113 Å². The molecule has 0 aromatic heterocycles. The van der Waals surface area contributed by atoms with Crippen molar-refractivity contribution < 1.29 is 23.1 Å². The van der Waals surface area contributed by atoms with Crippen molar-refractivity contribution in [3.05, 3.63) is 59.7 Å². The Morgan fingerprint density at radius 2 is 1.65 bits per heavy atom. The van der Waals surface area contributed by atoms with Crippen LogP contribution >= 0.6 is 0 Å². The van der Waals surface area contributed by atoms with Crippen molar-refractivity contribution in [1.29, 1.82) is 0 Å². The molecular weight excluding hydrogens is 269 g/mol. The second-order valence-electron chi connectivity index (χ2n) is 4.27. The summed E-state index contributed by atoms with van der Waals surface area (Å²) in [4.78, 5) is 10.8. The number of benzene rings is 2. The first-order valence-electron chi connectivity index (χ1n) is 5.86. The standard InChI is InChI=1S/C15H11F3O2/c16-15(17,18)12-8-4-7-11(9-13(19)20)14(12)10-5-2-1-3-6-10/h1-8H,9H2,(H,19,20). The van der Waals surface area contributed by atoms with Gasteiger partial charge < -0.3 is 5.11 Å². The average Bonchev–Trinajstić information content (AvgIpc) is 2.38. The first-order chi connectivity index (χ1) is 9.39. The van der Waals surface area contributed by atoms with Gasteiger partial charge in [0.2, 0.25) is 0 Å². The molecule has 0 amide bonds. The van der Waals surface area contributed by atoms with Gasteiger partial charge in [-0.05, 0) is 22.8 Å². The fourth-order valence-electron chi connectivity index (χ4n) is 2.09. The first-order valence-corrected chi connectivity index (χ1v) is 5.86. The molecule has 2 aromatic rings. The van der Waals surface area contributed by atoms with Crippen LogP contribution in [0.3, 0.4) is 0 Å². The van der Waals surface area contributed by atoms with Crippen LogP contribution in [0, 0.1) is 0 Å². The molecule has 0 spiro atoms. The van der Waals surface area contributed by atoms with Gasteiger partial charge in [-0.15, -0.1) is 0 Å². The number of rotatable bonds is 3. The van der Waals surface area contributed by atoms with Crippen LogP contribution < -0.4 is 0 Å². The molecule has 0 aliphatic carbocycles. The van der Waals surface area contributed by atoms with Crippen LogP contribution in [0.2, 0.25) is 0 Å². The van der Waals surface area contributed by atoms with E-state index in [1.54, 1.807) is 18.2 Å². The van der Waals surface area contributed by atoms with E-state index in [2.05, 4.69) is 0 Å². The third-order valence-electron chi connectivity index (χ3n) is 2.86. The smallest absolute Gasteiger partial charge is 0.417 e. The zero-order valence-corrected chi connectivity index (χ0v) is 10.3. The lowest BCUT2D eigenvalue weighted by Gasteiger charge is -2.16. The number of halogens is 3. The van der Waals surface area contributed by atoms with Gasteiger partial charge >= 0.3 is 12.1 Å². The largest absolute Gasteiger partial charge is 0.481 e. The van der Waals surface area contributed by atoms with Gasteiger partial charge in [0.05, 0.1) is 12.0 Å². The summed E-state index contributed by atoms with van der Waals surface area (Å²) in [5.74, 6) is -1.17. The Morgan fingerprint density at radius 1 is 1.00 bits per heavy atom. The van der Waals surface area contributed by atoms with Gasteiger partial charge in [0.25, 0.3) is 0 Å². The minimum absolute atomic E-state index is 0.0667. The van der Waals surface area contributed by atoms with Gasteiger partial charge in [-0.2, -0.15) is 13.2 Å². The van der Waals surface area contributed by atoms with Crippen molar-refractivity contribution in [3.63, 3.8) is 0 Å². The topological polar surface area (TPSA) is 37.3 Å². The number of carboxylic acid groups (broad SMARTS) is 1. The molecule has 0 aliphatic heterocycles. The predicted octanol–water partition coefficient (Wildman–Crippen LogP) is 4.00. The second kappa shape index (κ2) is 5.36. The molecule has 2 rings (SSSR count). The summed E-state index contributed by atoms with van der Waals surface area (Å²) in [6, 6.07) is 11.6. The Balaban J connectivity index is 2.69. The van der Waals surface area contributed by atoms with Crippen molar-refractivity contribution in [2.24, 2.45) is 0 Å². The SMILES string of the molecule is O=C(O)Cc1cccc(C(F)(F)F)c1-c1ccccc1. The molecule has 0 radical (unpaired) electrons. The first kappa shape index (κ1) is 14.1. The van der Waals surface area contributed by atoms with Crippen molar-refractivity contribution in [2.45, 2.75) is 12.6 Å². The van der Waals surface area contributed by atoms with E-state index in [1.165, 1.54) is 24.3 Å². The molecule has 0 heterocycles. The summed E-state index contributed by atoms with van der Waals surface area (Å²) >= 11 is 0. The Bertz CT molecular complexity index is 619. The van der Waals surface area contributed by atoms with Crippen molar-refractivity contribution in [2.75, 3.05) is 0 Å². The highest BCUT2D eigenvalue weighted by Gasteiger charge is 2.34. The summed E-state index contributed by atoms with van der Waals surface area (Å²) < 4.78 is 39.3. The minimum Gasteiger partial charge on any atom is -0.481 e. The number of hydrogen-bond donors (Lipinski definition) is 1. The average molecular weight is 280 g/mol. The van der Waals surface area contributed by atoms with Crippen LogP contribution in [0.4, 0.5) is 13.2 Å². The Morgan fingerprint density at radius 3 is 2.20 bits per heavy atom. The van der Waals surface area contributed by atoms with E-state index in [-0.39, 0.29) is 11.1 Å². The molecule has 5 heteroatoms. The number of alkyl halides is 3. The van der Waals surface area contributed by atoms with Gasteiger partial charge in [-0.25, -0.2) is 0 Å². The highest BCUT2D eigenvalue weighted by atomic mass is 19.4. The molecule has 0 aliphatic rings. The lowest BCUT2D eigenvalue weighted by atomic mass is 9.92. The van der Waals surface area contributed by atoms with Crippen LogP contribution in [0.25, 0.3) is 11.1 Å². The molecular formula is C15H11F3O2. The van der Waals surface area contributed by atoms with Gasteiger partial charge in [-0.3, -0.25) is 4.79 Å². The molecule has 0 unspecified atom stereocenters. The molecule has 0 bridgehead atoms. The zero-order valence-electron chi connectivity index (χ0n) is 10.3. The number of carbonyl (C=O) groups is 1. The normalized spacial score (nSPS) is 11.3. The predicted molar refractivity (Wildman–Crippen MR) is 68.2 cm³/mol. The third-order valence-corrected chi connectivity index (χ3v) is 2.86. The zero-order chi connectivity index (χ0) is 14.8. The van der Waals surface area contributed by atoms with Crippen LogP contribution in [0.5, 0.6) is 0 Å². The van der Waals surface area contributed by atoms with Crippen LogP contribution in [-0.4, -0.2) is 11.1 Å². The van der Waals surface area contributed by atoms with Gasteiger partial charge in [-0.1, -0.05) is 42.5 Å². The molecule has 1 N–H and O–H groups in total. The van der Waals surface area contributed by atoms with E-state index in [1.807, 2.05) is 0 Å². The molecule has 0 atom stereocenters. The third kappa shape index (κ3) is 2.99. The van der Waals surface area contributed by atoms with Crippen molar-refractivity contribution in [3.8, 4) is 11.1 Å². The van der Waals surface area contributed by atoms with E-state index < -0.39 is 24.1 Å². The molecule has 0 fully saturated rings. The lowest BCUT2D eigenvalue weighted by molar-refractivity contribution is -0.138. The second-order valence-corrected chi connectivity index (χ2v) is 4.27. The number of hydrogen-bond acceptors (Lipinski definition) is 1. The highest BCUT2D eigenvalue weighted by molar-refractivity contribution is 5.78. The number of aliphatic carboxylic acids is 1. The van der Waals surface area contributed by atoms with Crippen molar-refractivity contribution >= 4 is 5.97 Å². The van der Waals surface area contributed by atoms with E-state index in [4.69, 9.17) is 5.11 Å². The fourth-order valence-corrected chi connectivity index (χ4v) is 2.09. The monoisotopic (exact) mass is 280 g/mol. The highest BCUT2D eigenvalue weighted by Crippen LogP contribution is 2.39. The molecule has 104 valence electrons. The summed E-state index contributed by atoms with van der Waals surface area (Å²) in [6.45, 7) is 0. The molecule has 2 aromatic carbocycles. The lowest BCUT2D eigenvalue weighted by Crippen LogP contribution is -2.11. The van der Waals surface area contributed by atoms with Crippen molar-refractivity contribution in [1.82, 2.24) is 0 Å². The van der Waals surface area contributed by atoms with Crippen LogP contribution in [-0.2, 0) is 17.4 Å². The summed E-state index contributed by atoms with van der Waals surface area (Å²) in [6.07, 6.45) is -4.98. The number of carboxylic acids is 1. The van der Waals surface area contributed by atoms with Crippen LogP contribution in [0.1, 0.15) is 11.1 Å². The Kier molecular flexibility index (Phi) is 3.79. The summed E-state index contributed by atoms with van der Waals surface area (Å²) in [7, 11) is 0. The molecule has 0 saturated heterocycles. The summed E-state index contributed by atoms with van der Waals surface area (Å²) in [5, 5.41) is 8.85. The minimum atomic E-state index is -4.53. The molecule has 2 nitrogen and oxygen atoms in total. The maximum Gasteiger partial charge on any atom is 0.417 e. The maximum absolute atomic E-state index is 13.1. The van der Waals surface area contributed by atoms with E-state index in [0.29, 0.717) is 5.56 Å². The fraction of sp³-hybridized carbons (Fsp3) is 0.133. The van der Waals surface area contributed by atoms with Crippen LogP contribution in [0.15, 0.2) is 48.5 Å². The summed E-state index contributed by atoms with van der Waals surface area (Å²) in [5.41, 5.74) is -0.374.